The van der Waals surface area contributed by atoms with E-state index in [1.807, 2.05) is 25.1 Å². The fourth-order valence-corrected chi connectivity index (χ4v) is 4.21. The molecule has 0 spiro atoms. The smallest absolute Gasteiger partial charge is 0.262 e. The number of rotatable bonds is 4. The summed E-state index contributed by atoms with van der Waals surface area (Å²) in [5, 5.41) is 0. The van der Waals surface area contributed by atoms with Gasteiger partial charge in [-0.15, -0.1) is 0 Å². The standard InChI is InChI=1S/C18H21NO3S/c1-14-9-11-15(12-10-14)23(20,21)22-18-8-3-2-6-16(18)17-7-4-5-13-19-17/h4-5,7,9-13,16,18H,2-3,6,8H2,1H3/t16-,18-/m0/s1. The Morgan fingerprint density at radius 1 is 1.04 bits per heavy atom. The molecule has 2 atom stereocenters. The fourth-order valence-electron chi connectivity index (χ4n) is 3.07. The second kappa shape index (κ2) is 6.81. The third-order valence-electron chi connectivity index (χ3n) is 4.33. The van der Waals surface area contributed by atoms with Crippen LogP contribution in [0.2, 0.25) is 0 Å². The summed E-state index contributed by atoms with van der Waals surface area (Å²) in [5.41, 5.74) is 1.93. The van der Waals surface area contributed by atoms with Gasteiger partial charge in [-0.1, -0.05) is 36.6 Å². The Hall–Kier alpha value is -1.72. The van der Waals surface area contributed by atoms with Gasteiger partial charge in [0.25, 0.3) is 10.1 Å². The molecule has 122 valence electrons. The average molecular weight is 331 g/mol. The zero-order valence-electron chi connectivity index (χ0n) is 13.2. The maximum absolute atomic E-state index is 12.5. The van der Waals surface area contributed by atoms with Crippen LogP contribution in [-0.4, -0.2) is 19.5 Å². The maximum atomic E-state index is 12.5. The van der Waals surface area contributed by atoms with Crippen LogP contribution in [0.3, 0.4) is 0 Å². The van der Waals surface area contributed by atoms with Crippen LogP contribution in [0.15, 0.2) is 53.6 Å². The lowest BCUT2D eigenvalue weighted by molar-refractivity contribution is 0.135. The molecule has 23 heavy (non-hydrogen) atoms. The zero-order valence-corrected chi connectivity index (χ0v) is 14.0. The van der Waals surface area contributed by atoms with Gasteiger partial charge in [0.05, 0.1) is 11.0 Å². The van der Waals surface area contributed by atoms with Crippen LogP contribution in [0.5, 0.6) is 0 Å². The molecular weight excluding hydrogens is 310 g/mol. The van der Waals surface area contributed by atoms with Crippen molar-refractivity contribution in [2.24, 2.45) is 0 Å². The van der Waals surface area contributed by atoms with E-state index in [2.05, 4.69) is 4.98 Å². The predicted molar refractivity (Wildman–Crippen MR) is 88.7 cm³/mol. The number of pyridine rings is 1. The van der Waals surface area contributed by atoms with E-state index in [0.29, 0.717) is 0 Å². The van der Waals surface area contributed by atoms with E-state index in [0.717, 1.165) is 36.9 Å². The molecule has 1 aromatic heterocycles. The Morgan fingerprint density at radius 2 is 1.78 bits per heavy atom. The Balaban J connectivity index is 1.83. The van der Waals surface area contributed by atoms with Gasteiger partial charge in [-0.05, 0) is 44.0 Å². The summed E-state index contributed by atoms with van der Waals surface area (Å²) in [6, 6.07) is 12.5. The second-order valence-electron chi connectivity index (χ2n) is 6.05. The Bertz CT molecular complexity index is 742. The highest BCUT2D eigenvalue weighted by atomic mass is 32.2. The molecule has 1 aliphatic rings. The quantitative estimate of drug-likeness (QED) is 0.799. The molecule has 0 radical (unpaired) electrons. The normalized spacial score (nSPS) is 22.0. The van der Waals surface area contributed by atoms with Gasteiger partial charge in [0.15, 0.2) is 0 Å². The Kier molecular flexibility index (Phi) is 4.78. The van der Waals surface area contributed by atoms with E-state index in [9.17, 15) is 8.42 Å². The summed E-state index contributed by atoms with van der Waals surface area (Å²) in [6.07, 6.45) is 5.11. The highest BCUT2D eigenvalue weighted by Gasteiger charge is 2.32. The molecule has 2 aromatic rings. The summed E-state index contributed by atoms with van der Waals surface area (Å²) < 4.78 is 30.7. The number of hydrogen-bond acceptors (Lipinski definition) is 4. The van der Waals surface area contributed by atoms with Crippen LogP contribution in [0.1, 0.15) is 42.9 Å². The van der Waals surface area contributed by atoms with E-state index >= 15 is 0 Å². The molecule has 0 aliphatic heterocycles. The van der Waals surface area contributed by atoms with Crippen molar-refractivity contribution >= 4 is 10.1 Å². The molecule has 1 saturated carbocycles. The highest BCUT2D eigenvalue weighted by molar-refractivity contribution is 7.86. The van der Waals surface area contributed by atoms with Gasteiger partial charge >= 0.3 is 0 Å². The van der Waals surface area contributed by atoms with Crippen molar-refractivity contribution in [3.63, 3.8) is 0 Å². The summed E-state index contributed by atoms with van der Waals surface area (Å²) in [7, 11) is -3.75. The molecule has 0 amide bonds. The minimum Gasteiger partial charge on any atom is -0.262 e. The van der Waals surface area contributed by atoms with E-state index in [1.165, 1.54) is 0 Å². The maximum Gasteiger partial charge on any atom is 0.297 e. The number of aryl methyl sites for hydroxylation is 1. The lowest BCUT2D eigenvalue weighted by Crippen LogP contribution is -2.29. The average Bonchev–Trinajstić information content (AvgIpc) is 2.56. The van der Waals surface area contributed by atoms with Crippen LogP contribution in [-0.2, 0) is 14.3 Å². The largest absolute Gasteiger partial charge is 0.297 e. The highest BCUT2D eigenvalue weighted by Crippen LogP contribution is 2.35. The number of hydrogen-bond donors (Lipinski definition) is 0. The molecule has 0 bridgehead atoms. The molecule has 1 aromatic carbocycles. The molecule has 1 heterocycles. The number of aromatic nitrogens is 1. The zero-order chi connectivity index (χ0) is 16.3. The van der Waals surface area contributed by atoms with E-state index in [4.69, 9.17) is 4.18 Å². The topological polar surface area (TPSA) is 56.3 Å². The van der Waals surface area contributed by atoms with Crippen molar-refractivity contribution in [2.75, 3.05) is 0 Å². The summed E-state index contributed by atoms with van der Waals surface area (Å²) in [5.74, 6) is 0.0326. The summed E-state index contributed by atoms with van der Waals surface area (Å²) >= 11 is 0. The first kappa shape index (κ1) is 16.1. The van der Waals surface area contributed by atoms with Gasteiger partial charge in [-0.2, -0.15) is 8.42 Å². The SMILES string of the molecule is Cc1ccc(S(=O)(=O)O[C@H]2CCCC[C@H]2c2ccccn2)cc1. The Morgan fingerprint density at radius 3 is 2.48 bits per heavy atom. The van der Waals surface area contributed by atoms with E-state index in [-0.39, 0.29) is 16.9 Å². The minimum absolute atomic E-state index is 0.0326. The number of benzene rings is 1. The molecule has 0 N–H and O–H groups in total. The van der Waals surface area contributed by atoms with Crippen molar-refractivity contribution in [3.05, 3.63) is 59.9 Å². The monoisotopic (exact) mass is 331 g/mol. The summed E-state index contributed by atoms with van der Waals surface area (Å²) in [6.45, 7) is 1.93. The third-order valence-corrected chi connectivity index (χ3v) is 5.68. The molecule has 0 saturated heterocycles. The molecule has 4 nitrogen and oxygen atoms in total. The molecular formula is C18H21NO3S. The molecule has 0 unspecified atom stereocenters. The third kappa shape index (κ3) is 3.79. The van der Waals surface area contributed by atoms with Gasteiger partial charge in [-0.25, -0.2) is 0 Å². The van der Waals surface area contributed by atoms with Crippen LogP contribution >= 0.6 is 0 Å². The first-order chi connectivity index (χ1) is 11.1. The second-order valence-corrected chi connectivity index (χ2v) is 7.62. The molecule has 3 rings (SSSR count). The van der Waals surface area contributed by atoms with Crippen LogP contribution in [0.4, 0.5) is 0 Å². The van der Waals surface area contributed by atoms with Crippen LogP contribution < -0.4 is 0 Å². The molecule has 1 fully saturated rings. The lowest BCUT2D eigenvalue weighted by atomic mass is 9.84. The summed E-state index contributed by atoms with van der Waals surface area (Å²) in [4.78, 5) is 4.61. The molecule has 5 heteroatoms. The van der Waals surface area contributed by atoms with Gasteiger partial charge in [0.2, 0.25) is 0 Å². The fraction of sp³-hybridized carbons (Fsp3) is 0.389. The van der Waals surface area contributed by atoms with Gasteiger partial charge in [-0.3, -0.25) is 9.17 Å². The van der Waals surface area contributed by atoms with E-state index < -0.39 is 10.1 Å². The minimum atomic E-state index is -3.75. The van der Waals surface area contributed by atoms with Gasteiger partial charge in [0.1, 0.15) is 0 Å². The van der Waals surface area contributed by atoms with E-state index in [1.54, 1.807) is 30.5 Å². The first-order valence-electron chi connectivity index (χ1n) is 7.97. The van der Waals surface area contributed by atoms with Crippen molar-refractivity contribution < 1.29 is 12.6 Å². The van der Waals surface area contributed by atoms with Crippen LogP contribution in [0.25, 0.3) is 0 Å². The van der Waals surface area contributed by atoms with Crippen molar-refractivity contribution in [1.29, 1.82) is 0 Å². The molecule has 1 aliphatic carbocycles. The van der Waals surface area contributed by atoms with Gasteiger partial charge < -0.3 is 0 Å². The van der Waals surface area contributed by atoms with Crippen molar-refractivity contribution in [3.8, 4) is 0 Å². The lowest BCUT2D eigenvalue weighted by Gasteiger charge is -2.30. The van der Waals surface area contributed by atoms with Crippen molar-refractivity contribution in [2.45, 2.75) is 49.5 Å². The van der Waals surface area contributed by atoms with Crippen molar-refractivity contribution in [1.82, 2.24) is 4.98 Å². The first-order valence-corrected chi connectivity index (χ1v) is 9.38. The Labute approximate surface area is 137 Å². The predicted octanol–water partition coefficient (Wildman–Crippen LogP) is 3.82. The van der Waals surface area contributed by atoms with Crippen LogP contribution in [0, 0.1) is 6.92 Å². The number of nitrogens with zero attached hydrogens (tertiary/aromatic N) is 1. The van der Waals surface area contributed by atoms with Gasteiger partial charge in [0, 0.05) is 17.8 Å².